The third kappa shape index (κ3) is 3.64. The van der Waals surface area contributed by atoms with Crippen molar-refractivity contribution in [3.63, 3.8) is 0 Å². The molecule has 164 valence electrons. The molecule has 0 amide bonds. The topological polar surface area (TPSA) is 44.8 Å². The first kappa shape index (κ1) is 21.2. The summed E-state index contributed by atoms with van der Waals surface area (Å²) in [5, 5.41) is 0. The van der Waals surface area contributed by atoms with Crippen LogP contribution in [-0.4, -0.2) is 32.1 Å². The van der Waals surface area contributed by atoms with Gasteiger partial charge in [-0.25, -0.2) is 4.79 Å². The molecule has 0 aromatic rings. The lowest BCUT2D eigenvalue weighted by molar-refractivity contribution is -0.0891. The fourth-order valence-electron chi connectivity index (χ4n) is 7.48. The third-order valence-corrected chi connectivity index (χ3v) is 9.24. The molecule has 4 aliphatic carbocycles. The van der Waals surface area contributed by atoms with E-state index in [0.717, 1.165) is 37.5 Å². The van der Waals surface area contributed by atoms with Crippen molar-refractivity contribution in [3.05, 3.63) is 11.6 Å². The van der Waals surface area contributed by atoms with Gasteiger partial charge >= 0.3 is 6.16 Å². The van der Waals surface area contributed by atoms with Gasteiger partial charge < -0.3 is 14.2 Å². The van der Waals surface area contributed by atoms with Gasteiger partial charge in [0, 0.05) is 12.5 Å². The first-order chi connectivity index (χ1) is 13.9. The molecule has 0 spiro atoms. The monoisotopic (exact) mass is 404 g/mol. The van der Waals surface area contributed by atoms with E-state index in [9.17, 15) is 4.79 Å². The summed E-state index contributed by atoms with van der Waals surface area (Å²) < 4.78 is 16.8. The third-order valence-electron chi connectivity index (χ3n) is 9.24. The normalized spacial score (nSPS) is 43.6. The highest BCUT2D eigenvalue weighted by Gasteiger charge is 2.60. The number of hydrogen-bond acceptors (Lipinski definition) is 4. The Hall–Kier alpha value is -1.03. The number of unbranched alkanes of at least 4 members (excludes halogenated alkanes) is 1. The van der Waals surface area contributed by atoms with Crippen LogP contribution in [0.3, 0.4) is 0 Å². The van der Waals surface area contributed by atoms with Crippen LogP contribution in [-0.2, 0) is 14.2 Å². The van der Waals surface area contributed by atoms with Crippen molar-refractivity contribution in [2.45, 2.75) is 97.2 Å². The lowest BCUT2D eigenvalue weighted by atomic mass is 9.47. The lowest BCUT2D eigenvalue weighted by Crippen LogP contribution is -2.52. The summed E-state index contributed by atoms with van der Waals surface area (Å²) in [4.78, 5) is 12.2. The van der Waals surface area contributed by atoms with E-state index >= 15 is 0 Å². The van der Waals surface area contributed by atoms with Crippen LogP contribution in [0.2, 0.25) is 0 Å². The van der Waals surface area contributed by atoms with Crippen LogP contribution < -0.4 is 0 Å². The van der Waals surface area contributed by atoms with Gasteiger partial charge in [0.2, 0.25) is 0 Å². The molecular formula is C25H40O4. The molecule has 3 fully saturated rings. The predicted molar refractivity (Wildman–Crippen MR) is 114 cm³/mol. The molecule has 3 saturated carbocycles. The van der Waals surface area contributed by atoms with Gasteiger partial charge in [-0.05, 0) is 81.0 Å². The molecular weight excluding hydrogens is 364 g/mol. The van der Waals surface area contributed by atoms with E-state index < -0.39 is 6.16 Å². The highest BCUT2D eigenvalue weighted by molar-refractivity contribution is 5.60. The SMILES string of the molecule is CCCCOC(=O)O[C@H]1CC[C@H]2[C@@H]3CCC4=C[C@H](OC)CC[C@]4(C)[C@H]3CC[C@]12C. The van der Waals surface area contributed by atoms with Crippen molar-refractivity contribution < 1.29 is 19.0 Å². The van der Waals surface area contributed by atoms with Crippen molar-refractivity contribution in [2.24, 2.45) is 28.6 Å². The molecule has 0 radical (unpaired) electrons. The Morgan fingerprint density at radius 3 is 2.69 bits per heavy atom. The Kier molecular flexibility index (Phi) is 6.03. The molecule has 4 rings (SSSR count). The Morgan fingerprint density at radius 2 is 1.93 bits per heavy atom. The average Bonchev–Trinajstić information content (AvgIpc) is 3.04. The zero-order chi connectivity index (χ0) is 20.6. The second kappa shape index (κ2) is 8.24. The average molecular weight is 405 g/mol. The van der Waals surface area contributed by atoms with Gasteiger partial charge in [0.25, 0.3) is 0 Å². The number of carbonyl (C=O) groups is 1. The molecule has 0 N–H and O–H groups in total. The summed E-state index contributed by atoms with van der Waals surface area (Å²) in [5.74, 6) is 2.21. The van der Waals surface area contributed by atoms with E-state index in [2.05, 4.69) is 26.8 Å². The van der Waals surface area contributed by atoms with E-state index in [1.165, 1.54) is 38.5 Å². The minimum atomic E-state index is -0.453. The number of allylic oxidation sites excluding steroid dienone is 1. The number of carbonyl (C=O) groups excluding carboxylic acids is 1. The zero-order valence-corrected chi connectivity index (χ0v) is 18.9. The summed E-state index contributed by atoms with van der Waals surface area (Å²) in [7, 11) is 1.84. The number of hydrogen-bond donors (Lipinski definition) is 0. The largest absolute Gasteiger partial charge is 0.508 e. The van der Waals surface area contributed by atoms with Crippen molar-refractivity contribution >= 4 is 6.16 Å². The van der Waals surface area contributed by atoms with Crippen LogP contribution in [0.1, 0.15) is 85.0 Å². The molecule has 0 aromatic heterocycles. The van der Waals surface area contributed by atoms with E-state index in [1.807, 2.05) is 7.11 Å². The maximum absolute atomic E-state index is 12.2. The maximum Gasteiger partial charge on any atom is 0.508 e. The van der Waals surface area contributed by atoms with Gasteiger partial charge in [-0.1, -0.05) is 38.8 Å². The fraction of sp³-hybridized carbons (Fsp3) is 0.880. The molecule has 0 unspecified atom stereocenters. The summed E-state index contributed by atoms with van der Waals surface area (Å²) in [6.45, 7) is 7.49. The van der Waals surface area contributed by atoms with Gasteiger partial charge in [-0.3, -0.25) is 0 Å². The summed E-state index contributed by atoms with van der Waals surface area (Å²) >= 11 is 0. The minimum absolute atomic E-state index is 0.0246. The Bertz CT molecular complexity index is 643. The van der Waals surface area contributed by atoms with Crippen LogP contribution in [0, 0.1) is 28.6 Å². The first-order valence-electron chi connectivity index (χ1n) is 12.0. The lowest BCUT2D eigenvalue weighted by Gasteiger charge is -2.58. The molecule has 0 heterocycles. The number of methoxy groups -OCH3 is 1. The van der Waals surface area contributed by atoms with Crippen LogP contribution in [0.25, 0.3) is 0 Å². The maximum atomic E-state index is 12.2. The molecule has 0 saturated heterocycles. The van der Waals surface area contributed by atoms with Gasteiger partial charge in [0.1, 0.15) is 6.10 Å². The van der Waals surface area contributed by atoms with Crippen molar-refractivity contribution in [2.75, 3.05) is 13.7 Å². The second-order valence-electron chi connectivity index (χ2n) is 10.5. The van der Waals surface area contributed by atoms with Crippen LogP contribution >= 0.6 is 0 Å². The molecule has 4 nitrogen and oxygen atoms in total. The van der Waals surface area contributed by atoms with Gasteiger partial charge in [0.05, 0.1) is 12.7 Å². The standard InChI is InChI=1S/C25H40O4/c1-5-6-15-28-23(26)29-22-10-9-20-19-8-7-17-16-18(27-4)11-13-24(17,2)21(19)12-14-25(20,22)3/h16,18-22H,5-15H2,1-4H3/t18-,19+,20+,21+,22+,24+,25+/m1/s1. The molecule has 4 heteroatoms. The molecule has 29 heavy (non-hydrogen) atoms. The van der Waals surface area contributed by atoms with Crippen molar-refractivity contribution in [3.8, 4) is 0 Å². The van der Waals surface area contributed by atoms with Gasteiger partial charge in [0.15, 0.2) is 0 Å². The quantitative estimate of drug-likeness (QED) is 0.307. The van der Waals surface area contributed by atoms with Crippen molar-refractivity contribution in [1.82, 2.24) is 0 Å². The van der Waals surface area contributed by atoms with E-state index in [4.69, 9.17) is 14.2 Å². The Morgan fingerprint density at radius 1 is 1.10 bits per heavy atom. The molecule has 0 aliphatic heterocycles. The fourth-order valence-corrected chi connectivity index (χ4v) is 7.48. The van der Waals surface area contributed by atoms with E-state index in [1.54, 1.807) is 5.57 Å². The Labute approximate surface area is 176 Å². The smallest absolute Gasteiger partial charge is 0.434 e. The molecule has 4 aliphatic rings. The van der Waals surface area contributed by atoms with Crippen LogP contribution in [0.5, 0.6) is 0 Å². The zero-order valence-electron chi connectivity index (χ0n) is 18.9. The van der Waals surface area contributed by atoms with Crippen LogP contribution in [0.15, 0.2) is 11.6 Å². The number of rotatable bonds is 5. The minimum Gasteiger partial charge on any atom is -0.434 e. The summed E-state index contributed by atoms with van der Waals surface area (Å²) in [5.41, 5.74) is 2.12. The number of ether oxygens (including phenoxy) is 3. The first-order valence-corrected chi connectivity index (χ1v) is 12.0. The summed E-state index contributed by atoms with van der Waals surface area (Å²) in [6.07, 6.45) is 13.8. The van der Waals surface area contributed by atoms with Crippen LogP contribution in [0.4, 0.5) is 4.79 Å². The van der Waals surface area contributed by atoms with Gasteiger partial charge in [-0.15, -0.1) is 0 Å². The molecule has 0 bridgehead atoms. The van der Waals surface area contributed by atoms with Gasteiger partial charge in [-0.2, -0.15) is 0 Å². The molecule has 7 atom stereocenters. The summed E-state index contributed by atoms with van der Waals surface area (Å²) in [6, 6.07) is 0. The van der Waals surface area contributed by atoms with Crippen molar-refractivity contribution in [1.29, 1.82) is 0 Å². The van der Waals surface area contributed by atoms with E-state index in [-0.39, 0.29) is 11.5 Å². The van der Waals surface area contributed by atoms with E-state index in [0.29, 0.717) is 24.0 Å². The highest BCUT2D eigenvalue weighted by atomic mass is 16.7. The number of fused-ring (bicyclic) bond motifs is 5. The molecule has 0 aromatic carbocycles. The second-order valence-corrected chi connectivity index (χ2v) is 10.5. The predicted octanol–water partition coefficient (Wildman–Crippen LogP) is 6.29. The Balaban J connectivity index is 1.46. The highest BCUT2D eigenvalue weighted by Crippen LogP contribution is 2.65.